The molecule has 0 saturated heterocycles. The third-order valence-corrected chi connectivity index (χ3v) is 2.78. The van der Waals surface area contributed by atoms with E-state index in [1.54, 1.807) is 11.0 Å². The number of hydrogen-bond donors (Lipinski definition) is 1. The molecule has 1 aromatic heterocycles. The molecule has 5 nitrogen and oxygen atoms in total. The molecule has 0 spiro atoms. The molecule has 1 amide bonds. The molecule has 2 aromatic rings. The van der Waals surface area contributed by atoms with Crippen molar-refractivity contribution >= 4 is 12.0 Å². The van der Waals surface area contributed by atoms with Gasteiger partial charge in [-0.15, -0.1) is 0 Å². The van der Waals surface area contributed by atoms with Crippen LogP contribution >= 0.6 is 0 Å². The number of hydrogen-bond acceptors (Lipinski definition) is 3. The fourth-order valence-corrected chi connectivity index (χ4v) is 1.77. The Morgan fingerprint density at radius 2 is 2.15 bits per heavy atom. The van der Waals surface area contributed by atoms with Crippen LogP contribution in [0.5, 0.6) is 0 Å². The summed E-state index contributed by atoms with van der Waals surface area (Å²) in [6.45, 7) is 1.27. The minimum atomic E-state index is 0.0582. The second kappa shape index (κ2) is 7.89. The topological polar surface area (TPSA) is 59.8 Å². The van der Waals surface area contributed by atoms with E-state index in [2.05, 4.69) is 15.4 Å². The quantitative estimate of drug-likeness (QED) is 0.835. The third-order valence-electron chi connectivity index (χ3n) is 2.78. The Hall–Kier alpha value is -2.43. The van der Waals surface area contributed by atoms with Crippen molar-refractivity contribution in [2.45, 2.75) is 19.4 Å². The van der Waals surface area contributed by atoms with Crippen LogP contribution in [0.1, 0.15) is 18.4 Å². The van der Waals surface area contributed by atoms with Gasteiger partial charge in [-0.05, 0) is 12.0 Å². The second-order valence-corrected chi connectivity index (χ2v) is 4.38. The highest BCUT2D eigenvalue weighted by molar-refractivity contribution is 5.76. The average molecular weight is 270 g/mol. The van der Waals surface area contributed by atoms with Crippen LogP contribution in [0.25, 0.3) is 6.08 Å². The van der Waals surface area contributed by atoms with Crippen LogP contribution in [0.3, 0.4) is 0 Å². The van der Waals surface area contributed by atoms with Crippen LogP contribution in [-0.4, -0.2) is 27.2 Å². The Bertz CT molecular complexity index is 534. The maximum atomic E-state index is 11.6. The molecule has 0 saturated carbocycles. The van der Waals surface area contributed by atoms with Gasteiger partial charge in [0.05, 0.1) is 0 Å². The highest BCUT2D eigenvalue weighted by Gasteiger charge is 1.99. The smallest absolute Gasteiger partial charge is 0.220 e. The largest absolute Gasteiger partial charge is 0.353 e. The van der Waals surface area contributed by atoms with Crippen molar-refractivity contribution in [2.24, 2.45) is 0 Å². The lowest BCUT2D eigenvalue weighted by molar-refractivity contribution is -0.121. The standard InChI is InChI=1S/C15H18N4O/c20-15(9-5-11-19-13-16-12-18-19)17-10-4-8-14-6-2-1-3-7-14/h1-4,6-8,12-13H,5,9-11H2,(H,17,20)/b8-4+. The Morgan fingerprint density at radius 3 is 2.90 bits per heavy atom. The number of rotatable bonds is 7. The van der Waals surface area contributed by atoms with E-state index < -0.39 is 0 Å². The lowest BCUT2D eigenvalue weighted by Gasteiger charge is -2.02. The highest BCUT2D eigenvalue weighted by Crippen LogP contribution is 2.00. The molecule has 1 heterocycles. The van der Waals surface area contributed by atoms with Crippen LogP contribution in [0, 0.1) is 0 Å². The van der Waals surface area contributed by atoms with E-state index in [1.807, 2.05) is 42.5 Å². The van der Waals surface area contributed by atoms with E-state index in [0.29, 0.717) is 19.5 Å². The highest BCUT2D eigenvalue weighted by atomic mass is 16.1. The van der Waals surface area contributed by atoms with Crippen LogP contribution in [0.2, 0.25) is 0 Å². The van der Waals surface area contributed by atoms with Crippen molar-refractivity contribution in [2.75, 3.05) is 6.54 Å². The Balaban J connectivity index is 1.59. The lowest BCUT2D eigenvalue weighted by Crippen LogP contribution is -2.23. The van der Waals surface area contributed by atoms with E-state index in [4.69, 9.17) is 0 Å². The number of nitrogens with one attached hydrogen (secondary N) is 1. The van der Waals surface area contributed by atoms with Gasteiger partial charge in [0.15, 0.2) is 0 Å². The predicted molar refractivity (Wildman–Crippen MR) is 77.7 cm³/mol. The summed E-state index contributed by atoms with van der Waals surface area (Å²) in [7, 11) is 0. The summed E-state index contributed by atoms with van der Waals surface area (Å²) in [4.78, 5) is 15.4. The lowest BCUT2D eigenvalue weighted by atomic mass is 10.2. The zero-order valence-electron chi connectivity index (χ0n) is 11.3. The number of nitrogens with zero attached hydrogens (tertiary/aromatic N) is 3. The Labute approximate surface area is 118 Å². The number of aryl methyl sites for hydroxylation is 1. The SMILES string of the molecule is O=C(CCCn1cncn1)NC/C=C/c1ccccc1. The van der Waals surface area contributed by atoms with Crippen molar-refractivity contribution in [3.05, 3.63) is 54.6 Å². The zero-order chi connectivity index (χ0) is 14.0. The summed E-state index contributed by atoms with van der Waals surface area (Å²) in [6.07, 6.45) is 8.35. The zero-order valence-corrected chi connectivity index (χ0v) is 11.3. The van der Waals surface area contributed by atoms with Gasteiger partial charge >= 0.3 is 0 Å². The molecular weight excluding hydrogens is 252 g/mol. The first-order chi connectivity index (χ1) is 9.84. The van der Waals surface area contributed by atoms with Gasteiger partial charge in [-0.2, -0.15) is 5.10 Å². The van der Waals surface area contributed by atoms with E-state index in [1.165, 1.54) is 6.33 Å². The van der Waals surface area contributed by atoms with Gasteiger partial charge < -0.3 is 5.32 Å². The number of carbonyl (C=O) groups excluding carboxylic acids is 1. The van der Waals surface area contributed by atoms with Crippen LogP contribution in [0.4, 0.5) is 0 Å². The van der Waals surface area contributed by atoms with Crippen molar-refractivity contribution in [1.29, 1.82) is 0 Å². The van der Waals surface area contributed by atoms with Gasteiger partial charge in [-0.3, -0.25) is 9.48 Å². The molecule has 0 fully saturated rings. The molecule has 0 aliphatic rings. The molecule has 0 radical (unpaired) electrons. The maximum absolute atomic E-state index is 11.6. The van der Waals surface area contributed by atoms with Gasteiger partial charge in [-0.1, -0.05) is 42.5 Å². The van der Waals surface area contributed by atoms with Gasteiger partial charge in [0.1, 0.15) is 12.7 Å². The van der Waals surface area contributed by atoms with Gasteiger partial charge in [0.2, 0.25) is 5.91 Å². The molecule has 20 heavy (non-hydrogen) atoms. The second-order valence-electron chi connectivity index (χ2n) is 4.38. The first-order valence-corrected chi connectivity index (χ1v) is 6.65. The molecule has 104 valence electrons. The van der Waals surface area contributed by atoms with E-state index >= 15 is 0 Å². The van der Waals surface area contributed by atoms with Crippen LogP contribution in [-0.2, 0) is 11.3 Å². The van der Waals surface area contributed by atoms with Crippen molar-refractivity contribution < 1.29 is 4.79 Å². The van der Waals surface area contributed by atoms with Crippen molar-refractivity contribution in [3.63, 3.8) is 0 Å². The Kier molecular flexibility index (Phi) is 5.52. The molecular formula is C15H18N4O. The maximum Gasteiger partial charge on any atom is 0.220 e. The monoisotopic (exact) mass is 270 g/mol. The van der Waals surface area contributed by atoms with Gasteiger partial charge in [0, 0.05) is 19.5 Å². The first-order valence-electron chi connectivity index (χ1n) is 6.65. The fraction of sp³-hybridized carbons (Fsp3) is 0.267. The number of amides is 1. The summed E-state index contributed by atoms with van der Waals surface area (Å²) < 4.78 is 1.72. The molecule has 5 heteroatoms. The van der Waals surface area contributed by atoms with Crippen molar-refractivity contribution in [3.8, 4) is 0 Å². The molecule has 0 unspecified atom stereocenters. The minimum Gasteiger partial charge on any atom is -0.353 e. The number of benzene rings is 1. The molecule has 0 aliphatic carbocycles. The summed E-state index contributed by atoms with van der Waals surface area (Å²) >= 11 is 0. The van der Waals surface area contributed by atoms with Gasteiger partial charge in [0.25, 0.3) is 0 Å². The predicted octanol–water partition coefficient (Wildman–Crippen LogP) is 1.89. The van der Waals surface area contributed by atoms with Gasteiger partial charge in [-0.25, -0.2) is 4.98 Å². The molecule has 0 atom stereocenters. The molecule has 0 aliphatic heterocycles. The molecule has 0 bridgehead atoms. The summed E-state index contributed by atoms with van der Waals surface area (Å²) in [5.74, 6) is 0.0582. The summed E-state index contributed by atoms with van der Waals surface area (Å²) in [5, 5.41) is 6.85. The first kappa shape index (κ1) is 14.0. The van der Waals surface area contributed by atoms with E-state index in [0.717, 1.165) is 12.0 Å². The normalized spacial score (nSPS) is 10.8. The molecule has 1 aromatic carbocycles. The van der Waals surface area contributed by atoms with Crippen LogP contribution < -0.4 is 5.32 Å². The Morgan fingerprint density at radius 1 is 1.30 bits per heavy atom. The fourth-order valence-electron chi connectivity index (χ4n) is 1.77. The minimum absolute atomic E-state index is 0.0582. The summed E-state index contributed by atoms with van der Waals surface area (Å²) in [5.41, 5.74) is 1.13. The number of aromatic nitrogens is 3. The average Bonchev–Trinajstić information content (AvgIpc) is 2.98. The van der Waals surface area contributed by atoms with E-state index in [-0.39, 0.29) is 5.91 Å². The molecule has 2 rings (SSSR count). The molecule has 1 N–H and O–H groups in total. The number of carbonyl (C=O) groups is 1. The third kappa shape index (κ3) is 5.06. The van der Waals surface area contributed by atoms with Crippen LogP contribution in [0.15, 0.2) is 49.1 Å². The van der Waals surface area contributed by atoms with Crippen molar-refractivity contribution in [1.82, 2.24) is 20.1 Å². The van der Waals surface area contributed by atoms with E-state index in [9.17, 15) is 4.79 Å². The summed E-state index contributed by atoms with van der Waals surface area (Å²) in [6, 6.07) is 10.0.